The van der Waals surface area contributed by atoms with Crippen LogP contribution in [0.1, 0.15) is 30.9 Å². The Morgan fingerprint density at radius 1 is 1.09 bits per heavy atom. The first-order chi connectivity index (χ1) is 10.8. The van der Waals surface area contributed by atoms with Gasteiger partial charge in [0, 0.05) is 13.1 Å². The van der Waals surface area contributed by atoms with E-state index in [4.69, 9.17) is 0 Å². The molecule has 1 N–H and O–H groups in total. The van der Waals surface area contributed by atoms with E-state index in [9.17, 15) is 4.79 Å². The minimum Gasteiger partial charge on any atom is -0.335 e. The summed E-state index contributed by atoms with van der Waals surface area (Å²) < 4.78 is 0. The molecule has 122 valence electrons. The van der Waals surface area contributed by atoms with Crippen molar-refractivity contribution in [1.29, 1.82) is 0 Å². The molecular weight excluding hydrogens is 308 g/mol. The van der Waals surface area contributed by atoms with Gasteiger partial charge in [-0.3, -0.25) is 4.79 Å². The number of likely N-dealkylation sites (tertiary alicyclic amines) is 1. The highest BCUT2D eigenvalue weighted by Gasteiger charge is 2.35. The Morgan fingerprint density at radius 2 is 1.91 bits per heavy atom. The van der Waals surface area contributed by atoms with Gasteiger partial charge in [-0.1, -0.05) is 42.5 Å². The van der Waals surface area contributed by atoms with Crippen LogP contribution < -0.4 is 5.32 Å². The lowest BCUT2D eigenvalue weighted by Crippen LogP contribution is -2.36. The molecule has 0 radical (unpaired) electrons. The molecule has 2 aromatic rings. The van der Waals surface area contributed by atoms with E-state index in [-0.39, 0.29) is 24.4 Å². The van der Waals surface area contributed by atoms with E-state index in [1.165, 1.54) is 16.3 Å². The van der Waals surface area contributed by atoms with Crippen LogP contribution in [0.3, 0.4) is 0 Å². The van der Waals surface area contributed by atoms with Gasteiger partial charge in [0.25, 0.3) is 0 Å². The minimum atomic E-state index is 0. The molecule has 2 aliphatic rings. The highest BCUT2D eigenvalue weighted by molar-refractivity contribution is 5.87. The molecule has 2 aliphatic heterocycles. The van der Waals surface area contributed by atoms with Crippen molar-refractivity contribution >= 4 is 29.1 Å². The molecule has 1 amide bonds. The number of amides is 1. The van der Waals surface area contributed by atoms with Crippen molar-refractivity contribution in [2.45, 2.75) is 25.3 Å². The molecule has 4 heteroatoms. The number of hydrogen-bond acceptors (Lipinski definition) is 2. The van der Waals surface area contributed by atoms with Crippen molar-refractivity contribution in [3.63, 3.8) is 0 Å². The van der Waals surface area contributed by atoms with Crippen molar-refractivity contribution in [2.75, 3.05) is 19.6 Å². The molecular formula is C19H23ClN2O. The summed E-state index contributed by atoms with van der Waals surface area (Å²) in [5.74, 6) is 0.524. The van der Waals surface area contributed by atoms with Gasteiger partial charge < -0.3 is 10.2 Å². The molecule has 2 heterocycles. The van der Waals surface area contributed by atoms with Crippen LogP contribution in [0.25, 0.3) is 10.8 Å². The van der Waals surface area contributed by atoms with Gasteiger partial charge in [0.2, 0.25) is 5.91 Å². The van der Waals surface area contributed by atoms with Crippen molar-refractivity contribution < 1.29 is 4.79 Å². The molecule has 2 saturated heterocycles. The van der Waals surface area contributed by atoms with Crippen LogP contribution in [0, 0.1) is 5.92 Å². The molecule has 0 aromatic heterocycles. The monoisotopic (exact) mass is 330 g/mol. The summed E-state index contributed by atoms with van der Waals surface area (Å²) >= 11 is 0. The van der Waals surface area contributed by atoms with Crippen molar-refractivity contribution in [3.05, 3.63) is 48.0 Å². The zero-order valence-corrected chi connectivity index (χ0v) is 14.0. The van der Waals surface area contributed by atoms with E-state index >= 15 is 0 Å². The van der Waals surface area contributed by atoms with E-state index in [1.807, 2.05) is 0 Å². The van der Waals surface area contributed by atoms with Crippen LogP contribution in [-0.2, 0) is 4.79 Å². The number of nitrogens with one attached hydrogen (secondary N) is 1. The van der Waals surface area contributed by atoms with E-state index in [1.54, 1.807) is 0 Å². The van der Waals surface area contributed by atoms with E-state index in [2.05, 4.69) is 52.7 Å². The Kier molecular flexibility index (Phi) is 4.88. The van der Waals surface area contributed by atoms with Gasteiger partial charge in [0.1, 0.15) is 0 Å². The summed E-state index contributed by atoms with van der Waals surface area (Å²) in [6.45, 7) is 2.73. The molecule has 2 aromatic carbocycles. The zero-order chi connectivity index (χ0) is 14.9. The van der Waals surface area contributed by atoms with Crippen molar-refractivity contribution in [1.82, 2.24) is 10.2 Å². The fourth-order valence-electron chi connectivity index (χ4n) is 3.99. The lowest BCUT2D eigenvalue weighted by atomic mass is 9.96. The fraction of sp³-hybridized carbons (Fsp3) is 0.421. The Bertz CT molecular complexity index is 691. The Morgan fingerprint density at radius 3 is 2.74 bits per heavy atom. The number of fused-ring (bicyclic) bond motifs is 1. The first kappa shape index (κ1) is 16.3. The predicted octanol–water partition coefficient (Wildman–Crippen LogP) is 3.53. The molecule has 2 atom stereocenters. The van der Waals surface area contributed by atoms with Gasteiger partial charge in [-0.25, -0.2) is 0 Å². The SMILES string of the molecule is Cl.O=C(C1CCNC1)N1CCCC1c1cccc2ccccc12. The molecule has 0 bridgehead atoms. The Balaban J connectivity index is 0.00000156. The molecule has 23 heavy (non-hydrogen) atoms. The van der Waals surface area contributed by atoms with Crippen LogP contribution >= 0.6 is 12.4 Å². The van der Waals surface area contributed by atoms with Gasteiger partial charge in [-0.05, 0) is 42.1 Å². The van der Waals surface area contributed by atoms with Gasteiger partial charge in [0.15, 0.2) is 0 Å². The van der Waals surface area contributed by atoms with E-state index in [0.29, 0.717) is 5.91 Å². The Hall–Kier alpha value is -1.58. The first-order valence-electron chi connectivity index (χ1n) is 8.33. The predicted molar refractivity (Wildman–Crippen MR) is 95.9 cm³/mol. The number of carbonyl (C=O) groups excluding carboxylic acids is 1. The van der Waals surface area contributed by atoms with Gasteiger partial charge in [-0.2, -0.15) is 0 Å². The minimum absolute atomic E-state index is 0. The number of carbonyl (C=O) groups is 1. The molecule has 3 nitrogen and oxygen atoms in total. The maximum absolute atomic E-state index is 12.9. The van der Waals surface area contributed by atoms with Crippen molar-refractivity contribution in [2.24, 2.45) is 5.92 Å². The highest BCUT2D eigenvalue weighted by Crippen LogP contribution is 2.37. The maximum Gasteiger partial charge on any atom is 0.227 e. The Labute approximate surface area is 143 Å². The summed E-state index contributed by atoms with van der Waals surface area (Å²) in [5, 5.41) is 5.87. The van der Waals surface area contributed by atoms with Crippen LogP contribution in [0.15, 0.2) is 42.5 Å². The van der Waals surface area contributed by atoms with Crippen LogP contribution in [-0.4, -0.2) is 30.4 Å². The third kappa shape index (κ3) is 2.96. The van der Waals surface area contributed by atoms with E-state index in [0.717, 1.165) is 38.9 Å². The highest BCUT2D eigenvalue weighted by atomic mass is 35.5. The number of halogens is 1. The van der Waals surface area contributed by atoms with Crippen LogP contribution in [0.2, 0.25) is 0 Å². The van der Waals surface area contributed by atoms with Gasteiger partial charge >= 0.3 is 0 Å². The molecule has 2 unspecified atom stereocenters. The second-order valence-electron chi connectivity index (χ2n) is 6.45. The number of nitrogens with zero attached hydrogens (tertiary/aromatic N) is 1. The molecule has 0 aliphatic carbocycles. The van der Waals surface area contributed by atoms with E-state index < -0.39 is 0 Å². The number of hydrogen-bond donors (Lipinski definition) is 1. The second-order valence-corrected chi connectivity index (χ2v) is 6.45. The maximum atomic E-state index is 12.9. The average molecular weight is 331 g/mol. The quantitative estimate of drug-likeness (QED) is 0.913. The van der Waals surface area contributed by atoms with Gasteiger partial charge in [-0.15, -0.1) is 12.4 Å². The standard InChI is InChI=1S/C19H22N2O.ClH/c22-19(15-10-11-20-13-15)21-12-4-9-18(21)17-8-3-6-14-5-1-2-7-16(14)17;/h1-3,5-8,15,18,20H,4,9-13H2;1H. The summed E-state index contributed by atoms with van der Waals surface area (Å²) in [7, 11) is 0. The van der Waals surface area contributed by atoms with Crippen LogP contribution in [0.4, 0.5) is 0 Å². The summed E-state index contributed by atoms with van der Waals surface area (Å²) in [4.78, 5) is 15.0. The smallest absolute Gasteiger partial charge is 0.227 e. The molecule has 0 saturated carbocycles. The second kappa shape index (κ2) is 6.90. The zero-order valence-electron chi connectivity index (χ0n) is 13.2. The normalized spacial score (nSPS) is 23.9. The summed E-state index contributed by atoms with van der Waals surface area (Å²) in [5.41, 5.74) is 1.31. The first-order valence-corrected chi connectivity index (χ1v) is 8.33. The summed E-state index contributed by atoms with van der Waals surface area (Å²) in [6.07, 6.45) is 3.18. The molecule has 2 fully saturated rings. The summed E-state index contributed by atoms with van der Waals surface area (Å²) in [6, 6.07) is 15.2. The van der Waals surface area contributed by atoms with Crippen molar-refractivity contribution in [3.8, 4) is 0 Å². The fourth-order valence-corrected chi connectivity index (χ4v) is 3.99. The third-order valence-electron chi connectivity index (χ3n) is 5.13. The van der Waals surface area contributed by atoms with Crippen LogP contribution in [0.5, 0.6) is 0 Å². The lowest BCUT2D eigenvalue weighted by Gasteiger charge is -2.28. The lowest BCUT2D eigenvalue weighted by molar-refractivity contribution is -0.135. The average Bonchev–Trinajstić information content (AvgIpc) is 3.25. The molecule has 0 spiro atoms. The topological polar surface area (TPSA) is 32.3 Å². The van der Waals surface area contributed by atoms with Gasteiger partial charge in [0.05, 0.1) is 12.0 Å². The molecule has 4 rings (SSSR count). The number of benzene rings is 2. The third-order valence-corrected chi connectivity index (χ3v) is 5.13. The number of rotatable bonds is 2. The largest absolute Gasteiger partial charge is 0.335 e.